The van der Waals surface area contributed by atoms with Crippen LogP contribution in [0.2, 0.25) is 0 Å². The maximum atomic E-state index is 13.0. The summed E-state index contributed by atoms with van der Waals surface area (Å²) in [6, 6.07) is 7.07. The SMILES string of the molecule is CCOc1ccccc1NS(=O)(=O)c1cn(C(C)C)nc1C(C)(C)C. The Morgan fingerprint density at radius 1 is 1.24 bits per heavy atom. The van der Waals surface area contributed by atoms with Crippen LogP contribution in [0.5, 0.6) is 5.75 Å². The molecule has 1 aromatic carbocycles. The molecule has 25 heavy (non-hydrogen) atoms. The lowest BCUT2D eigenvalue weighted by Crippen LogP contribution is -2.20. The molecule has 2 rings (SSSR count). The highest BCUT2D eigenvalue weighted by atomic mass is 32.2. The lowest BCUT2D eigenvalue weighted by molar-refractivity contribution is 0.342. The van der Waals surface area contributed by atoms with Crippen LogP contribution in [-0.2, 0) is 15.4 Å². The highest BCUT2D eigenvalue weighted by Gasteiger charge is 2.31. The van der Waals surface area contributed by atoms with Crippen LogP contribution in [0.4, 0.5) is 5.69 Å². The third kappa shape index (κ3) is 4.34. The number of benzene rings is 1. The number of hydrogen-bond donors (Lipinski definition) is 1. The minimum Gasteiger partial charge on any atom is -0.492 e. The molecule has 0 unspecified atom stereocenters. The molecule has 0 fully saturated rings. The molecule has 6 nitrogen and oxygen atoms in total. The van der Waals surface area contributed by atoms with Crippen molar-refractivity contribution >= 4 is 15.7 Å². The Morgan fingerprint density at radius 2 is 1.88 bits per heavy atom. The van der Waals surface area contributed by atoms with E-state index in [9.17, 15) is 8.42 Å². The Balaban J connectivity index is 2.50. The largest absolute Gasteiger partial charge is 0.492 e. The second-order valence-electron chi connectivity index (χ2n) is 7.20. The summed E-state index contributed by atoms with van der Waals surface area (Å²) in [5.74, 6) is 0.502. The predicted molar refractivity (Wildman–Crippen MR) is 99.7 cm³/mol. The number of para-hydroxylation sites is 2. The molecule has 0 aliphatic heterocycles. The van der Waals surface area contributed by atoms with E-state index >= 15 is 0 Å². The van der Waals surface area contributed by atoms with Gasteiger partial charge in [0.2, 0.25) is 0 Å². The Bertz CT molecular complexity index is 833. The van der Waals surface area contributed by atoms with E-state index in [1.807, 2.05) is 41.5 Å². The summed E-state index contributed by atoms with van der Waals surface area (Å²) >= 11 is 0. The number of sulfonamides is 1. The molecule has 1 N–H and O–H groups in total. The number of aromatic nitrogens is 2. The molecule has 7 heteroatoms. The van der Waals surface area contributed by atoms with Crippen LogP contribution < -0.4 is 9.46 Å². The summed E-state index contributed by atoms with van der Waals surface area (Å²) in [6.45, 7) is 12.1. The highest BCUT2D eigenvalue weighted by molar-refractivity contribution is 7.92. The zero-order valence-electron chi connectivity index (χ0n) is 15.7. The molecular formula is C18H27N3O3S. The van der Waals surface area contributed by atoms with E-state index in [0.717, 1.165) is 0 Å². The normalized spacial score (nSPS) is 12.4. The van der Waals surface area contributed by atoms with Crippen molar-refractivity contribution in [2.75, 3.05) is 11.3 Å². The standard InChI is InChI=1S/C18H27N3O3S/c1-7-24-15-11-9-8-10-14(15)20-25(22,23)16-12-21(13(2)3)19-17(16)18(4,5)6/h8-13,20H,7H2,1-6H3. The molecular weight excluding hydrogens is 338 g/mol. The fraction of sp³-hybridized carbons (Fsp3) is 0.500. The first-order valence-electron chi connectivity index (χ1n) is 8.40. The topological polar surface area (TPSA) is 73.2 Å². The molecule has 138 valence electrons. The van der Waals surface area contributed by atoms with Crippen LogP contribution >= 0.6 is 0 Å². The summed E-state index contributed by atoms with van der Waals surface area (Å²) in [4.78, 5) is 0.194. The molecule has 0 amide bonds. The third-order valence-electron chi connectivity index (χ3n) is 3.66. The van der Waals surface area contributed by atoms with Crippen molar-refractivity contribution in [1.29, 1.82) is 0 Å². The molecule has 0 spiro atoms. The van der Waals surface area contributed by atoms with Crippen molar-refractivity contribution < 1.29 is 13.2 Å². The summed E-state index contributed by atoms with van der Waals surface area (Å²) in [5, 5.41) is 4.51. The van der Waals surface area contributed by atoms with Crippen molar-refractivity contribution in [2.45, 2.75) is 57.9 Å². The summed E-state index contributed by atoms with van der Waals surface area (Å²) in [5.41, 5.74) is 0.563. The number of rotatable bonds is 6. The van der Waals surface area contributed by atoms with Gasteiger partial charge >= 0.3 is 0 Å². The van der Waals surface area contributed by atoms with Crippen LogP contribution in [0.25, 0.3) is 0 Å². The Morgan fingerprint density at radius 3 is 2.44 bits per heavy atom. The Labute approximate surface area is 150 Å². The van der Waals surface area contributed by atoms with Crippen LogP contribution in [0, 0.1) is 0 Å². The molecule has 0 saturated carbocycles. The molecule has 0 aliphatic rings. The van der Waals surface area contributed by atoms with Gasteiger partial charge in [-0.1, -0.05) is 32.9 Å². The zero-order valence-corrected chi connectivity index (χ0v) is 16.5. The van der Waals surface area contributed by atoms with E-state index in [0.29, 0.717) is 23.7 Å². The monoisotopic (exact) mass is 365 g/mol. The van der Waals surface area contributed by atoms with E-state index in [-0.39, 0.29) is 10.9 Å². The van der Waals surface area contributed by atoms with Crippen LogP contribution in [0.15, 0.2) is 35.4 Å². The van der Waals surface area contributed by atoms with Crippen LogP contribution in [0.3, 0.4) is 0 Å². The highest BCUT2D eigenvalue weighted by Crippen LogP contribution is 2.32. The summed E-state index contributed by atoms with van der Waals surface area (Å²) in [7, 11) is -3.79. The molecule has 1 heterocycles. The van der Waals surface area contributed by atoms with E-state index < -0.39 is 15.4 Å². The summed E-state index contributed by atoms with van der Waals surface area (Å²) in [6.07, 6.45) is 1.59. The molecule has 0 radical (unpaired) electrons. The number of hydrogen-bond acceptors (Lipinski definition) is 4. The number of ether oxygens (including phenoxy) is 1. The van der Waals surface area contributed by atoms with Gasteiger partial charge in [0.1, 0.15) is 10.6 Å². The van der Waals surface area contributed by atoms with Gasteiger partial charge in [-0.2, -0.15) is 5.10 Å². The summed E-state index contributed by atoms with van der Waals surface area (Å²) < 4.78 is 35.9. The maximum absolute atomic E-state index is 13.0. The van der Waals surface area contributed by atoms with Crippen LogP contribution in [0.1, 0.15) is 53.3 Å². The number of anilines is 1. The van der Waals surface area contributed by atoms with E-state index in [1.165, 1.54) is 0 Å². The van der Waals surface area contributed by atoms with E-state index in [2.05, 4.69) is 9.82 Å². The lowest BCUT2D eigenvalue weighted by atomic mass is 9.92. The molecule has 0 aliphatic carbocycles. The smallest absolute Gasteiger partial charge is 0.265 e. The van der Waals surface area contributed by atoms with Gasteiger partial charge in [0.05, 0.1) is 18.0 Å². The molecule has 0 saturated heterocycles. The molecule has 0 bridgehead atoms. The second kappa shape index (κ2) is 7.07. The maximum Gasteiger partial charge on any atom is 0.265 e. The second-order valence-corrected chi connectivity index (χ2v) is 8.85. The van der Waals surface area contributed by atoms with Gasteiger partial charge in [0.25, 0.3) is 10.0 Å². The minimum absolute atomic E-state index is 0.0701. The van der Waals surface area contributed by atoms with Crippen molar-refractivity contribution in [3.8, 4) is 5.75 Å². The van der Waals surface area contributed by atoms with Crippen molar-refractivity contribution in [1.82, 2.24) is 9.78 Å². The van der Waals surface area contributed by atoms with Gasteiger partial charge in [-0.05, 0) is 32.9 Å². The van der Waals surface area contributed by atoms with Gasteiger partial charge in [-0.25, -0.2) is 8.42 Å². The number of nitrogens with one attached hydrogen (secondary N) is 1. The number of nitrogens with zero attached hydrogens (tertiary/aromatic N) is 2. The zero-order chi connectivity index (χ0) is 18.8. The first kappa shape index (κ1) is 19.3. The van der Waals surface area contributed by atoms with Gasteiger partial charge in [0, 0.05) is 17.7 Å². The average molecular weight is 365 g/mol. The first-order chi connectivity index (χ1) is 11.6. The fourth-order valence-corrected chi connectivity index (χ4v) is 3.80. The minimum atomic E-state index is -3.79. The third-order valence-corrected chi connectivity index (χ3v) is 5.03. The molecule has 0 atom stereocenters. The van der Waals surface area contributed by atoms with Crippen molar-refractivity contribution in [2.24, 2.45) is 0 Å². The van der Waals surface area contributed by atoms with Gasteiger partial charge in [-0.15, -0.1) is 0 Å². The Hall–Kier alpha value is -2.02. The van der Waals surface area contributed by atoms with Gasteiger partial charge in [0.15, 0.2) is 0 Å². The van der Waals surface area contributed by atoms with Crippen LogP contribution in [-0.4, -0.2) is 24.8 Å². The molecule has 2 aromatic rings. The fourth-order valence-electron chi connectivity index (χ4n) is 2.39. The lowest BCUT2D eigenvalue weighted by Gasteiger charge is -2.18. The first-order valence-corrected chi connectivity index (χ1v) is 9.89. The van der Waals surface area contributed by atoms with Crippen molar-refractivity contribution in [3.63, 3.8) is 0 Å². The Kier molecular flexibility index (Phi) is 5.46. The van der Waals surface area contributed by atoms with E-state index in [4.69, 9.17) is 4.74 Å². The quantitative estimate of drug-likeness (QED) is 0.841. The predicted octanol–water partition coefficient (Wildman–Crippen LogP) is 3.96. The average Bonchev–Trinajstić information content (AvgIpc) is 2.96. The van der Waals surface area contributed by atoms with E-state index in [1.54, 1.807) is 35.1 Å². The van der Waals surface area contributed by atoms with Gasteiger partial charge < -0.3 is 4.74 Å². The van der Waals surface area contributed by atoms with Gasteiger partial charge in [-0.3, -0.25) is 9.40 Å². The van der Waals surface area contributed by atoms with Crippen molar-refractivity contribution in [3.05, 3.63) is 36.2 Å². The molecule has 1 aromatic heterocycles.